The summed E-state index contributed by atoms with van der Waals surface area (Å²) in [5, 5.41) is 11.5. The molecule has 1 fully saturated rings. The Hall–Kier alpha value is -4.46. The van der Waals surface area contributed by atoms with Gasteiger partial charge < -0.3 is 29.0 Å². The van der Waals surface area contributed by atoms with E-state index in [2.05, 4.69) is 6.92 Å². The number of hydrogen-bond donors (Lipinski definition) is 1. The maximum atomic E-state index is 13.5. The van der Waals surface area contributed by atoms with Crippen molar-refractivity contribution in [1.82, 2.24) is 4.90 Å². The number of fused-ring (bicyclic) bond motifs is 1. The normalized spacial score (nSPS) is 17.5. The van der Waals surface area contributed by atoms with Gasteiger partial charge in [-0.15, -0.1) is 0 Å². The fourth-order valence-corrected chi connectivity index (χ4v) is 5.11. The molecule has 0 aromatic heterocycles. The maximum absolute atomic E-state index is 13.5. The van der Waals surface area contributed by atoms with Gasteiger partial charge in [0.05, 0.1) is 24.8 Å². The highest BCUT2D eigenvalue weighted by Gasteiger charge is 2.46. The van der Waals surface area contributed by atoms with Gasteiger partial charge in [0.2, 0.25) is 0 Å². The Bertz CT molecular complexity index is 1430. The van der Waals surface area contributed by atoms with E-state index in [9.17, 15) is 14.7 Å². The molecule has 8 nitrogen and oxygen atoms in total. The minimum absolute atomic E-state index is 0.0156. The summed E-state index contributed by atoms with van der Waals surface area (Å²) in [6.45, 7) is 6.05. The number of likely N-dealkylation sites (tertiary alicyclic amines) is 1. The van der Waals surface area contributed by atoms with Gasteiger partial charge >= 0.3 is 0 Å². The van der Waals surface area contributed by atoms with Crippen molar-refractivity contribution in [1.29, 1.82) is 0 Å². The van der Waals surface area contributed by atoms with Gasteiger partial charge in [0, 0.05) is 12.1 Å². The van der Waals surface area contributed by atoms with Crippen LogP contribution in [0.3, 0.4) is 0 Å². The molecule has 0 radical (unpaired) electrons. The second-order valence-corrected chi connectivity index (χ2v) is 9.93. The van der Waals surface area contributed by atoms with Crippen LogP contribution in [-0.2, 0) is 16.0 Å². The van der Waals surface area contributed by atoms with E-state index in [1.54, 1.807) is 30.3 Å². The highest BCUT2D eigenvalue weighted by atomic mass is 16.6. The number of benzene rings is 3. The Morgan fingerprint density at radius 3 is 2.46 bits per heavy atom. The first-order valence-corrected chi connectivity index (χ1v) is 14.1. The summed E-state index contributed by atoms with van der Waals surface area (Å²) in [6.07, 6.45) is 2.45. The van der Waals surface area contributed by atoms with Crippen LogP contribution < -0.4 is 18.9 Å². The third-order valence-corrected chi connectivity index (χ3v) is 7.18. The topological polar surface area (TPSA) is 94.5 Å². The number of hydrogen-bond acceptors (Lipinski definition) is 7. The Balaban J connectivity index is 1.58. The van der Waals surface area contributed by atoms with Crippen molar-refractivity contribution in [3.05, 3.63) is 89.0 Å². The average molecular weight is 558 g/mol. The molecule has 0 bridgehead atoms. The smallest absolute Gasteiger partial charge is 0.295 e. The molecule has 2 aliphatic heterocycles. The van der Waals surface area contributed by atoms with E-state index < -0.39 is 17.7 Å². The molecule has 5 rings (SSSR count). The van der Waals surface area contributed by atoms with Crippen LogP contribution in [0.25, 0.3) is 5.76 Å². The molecule has 0 unspecified atom stereocenters. The number of carbonyl (C=O) groups is 2. The fraction of sp³-hybridized carbons (Fsp3) is 0.333. The van der Waals surface area contributed by atoms with Crippen LogP contribution in [0.1, 0.15) is 49.4 Å². The molecule has 8 heteroatoms. The summed E-state index contributed by atoms with van der Waals surface area (Å²) in [5.74, 6) is 0.484. The number of Topliss-reactive ketones (excluding diaryl/α,β-unsaturated/α-hetero) is 1. The second kappa shape index (κ2) is 12.8. The minimum atomic E-state index is -0.823. The number of amides is 1. The van der Waals surface area contributed by atoms with Gasteiger partial charge in [0.15, 0.2) is 23.0 Å². The first kappa shape index (κ1) is 28.1. The quantitative estimate of drug-likeness (QED) is 0.140. The van der Waals surface area contributed by atoms with Crippen LogP contribution in [0.15, 0.2) is 72.3 Å². The third-order valence-electron chi connectivity index (χ3n) is 7.18. The van der Waals surface area contributed by atoms with E-state index in [1.807, 2.05) is 43.3 Å². The van der Waals surface area contributed by atoms with Crippen LogP contribution in [0, 0.1) is 0 Å². The number of aliphatic hydroxyl groups is 1. The van der Waals surface area contributed by atoms with E-state index in [0.717, 1.165) is 18.4 Å². The van der Waals surface area contributed by atoms with Crippen molar-refractivity contribution in [2.24, 2.45) is 0 Å². The van der Waals surface area contributed by atoms with Crippen LogP contribution >= 0.6 is 0 Å². The summed E-state index contributed by atoms with van der Waals surface area (Å²) in [5.41, 5.74) is 2.06. The molecule has 1 amide bonds. The summed E-state index contributed by atoms with van der Waals surface area (Å²) in [6, 6.07) is 19.4. The number of rotatable bonds is 11. The van der Waals surface area contributed by atoms with Crippen molar-refractivity contribution in [3.8, 4) is 23.0 Å². The highest BCUT2D eigenvalue weighted by molar-refractivity contribution is 6.46. The number of nitrogens with zero attached hydrogens (tertiary/aromatic N) is 1. The average Bonchev–Trinajstić information content (AvgIpc) is 3.26. The SMILES string of the molecule is CCCCOc1ccc([C@@H]2C(=C(O)c3ccc4c(c3)OCCO4)C(=O)C(=O)N2CCc2ccccc2)cc1OCC. The molecular formula is C33H35NO7. The molecule has 0 spiro atoms. The molecule has 41 heavy (non-hydrogen) atoms. The molecule has 214 valence electrons. The summed E-state index contributed by atoms with van der Waals surface area (Å²) >= 11 is 0. The zero-order chi connectivity index (χ0) is 28.8. The van der Waals surface area contributed by atoms with Gasteiger partial charge in [-0.25, -0.2) is 0 Å². The number of ketones is 1. The molecule has 3 aromatic rings. The van der Waals surface area contributed by atoms with Gasteiger partial charge in [0.1, 0.15) is 19.0 Å². The van der Waals surface area contributed by atoms with Gasteiger partial charge in [-0.3, -0.25) is 9.59 Å². The van der Waals surface area contributed by atoms with Crippen LogP contribution in [0.4, 0.5) is 0 Å². The summed E-state index contributed by atoms with van der Waals surface area (Å²) < 4.78 is 23.2. The number of unbranched alkanes of at least 4 members (excludes halogenated alkanes) is 1. The Morgan fingerprint density at radius 2 is 1.71 bits per heavy atom. The molecule has 2 heterocycles. The summed E-state index contributed by atoms with van der Waals surface area (Å²) in [7, 11) is 0. The third kappa shape index (κ3) is 6.01. The lowest BCUT2D eigenvalue weighted by Gasteiger charge is -2.26. The Morgan fingerprint density at radius 1 is 0.927 bits per heavy atom. The predicted molar refractivity (Wildman–Crippen MR) is 155 cm³/mol. The first-order valence-electron chi connectivity index (χ1n) is 14.1. The zero-order valence-corrected chi connectivity index (χ0v) is 23.4. The first-order chi connectivity index (χ1) is 20.0. The van der Waals surface area contributed by atoms with E-state index in [0.29, 0.717) is 67.0 Å². The predicted octanol–water partition coefficient (Wildman–Crippen LogP) is 5.70. The van der Waals surface area contributed by atoms with Gasteiger partial charge in [-0.2, -0.15) is 0 Å². The van der Waals surface area contributed by atoms with Crippen LogP contribution in [0.5, 0.6) is 23.0 Å². The zero-order valence-electron chi connectivity index (χ0n) is 23.4. The maximum Gasteiger partial charge on any atom is 0.295 e. The lowest BCUT2D eigenvalue weighted by molar-refractivity contribution is -0.139. The lowest BCUT2D eigenvalue weighted by atomic mass is 9.94. The molecule has 1 atom stereocenters. The number of ether oxygens (including phenoxy) is 4. The molecule has 2 aliphatic rings. The van der Waals surface area contributed by atoms with Gasteiger partial charge in [-0.1, -0.05) is 49.7 Å². The van der Waals surface area contributed by atoms with Crippen molar-refractivity contribution in [2.45, 2.75) is 39.2 Å². The fourth-order valence-electron chi connectivity index (χ4n) is 5.11. The molecule has 0 aliphatic carbocycles. The van der Waals surface area contributed by atoms with Crippen molar-refractivity contribution in [2.75, 3.05) is 33.0 Å². The van der Waals surface area contributed by atoms with Crippen LogP contribution in [0.2, 0.25) is 0 Å². The standard InChI is InChI=1S/C33H35NO7/c1-3-5-17-39-25-13-11-23(20-27(25)38-4-2)30-29(31(35)24-12-14-26-28(21-24)41-19-18-40-26)32(36)33(37)34(30)16-15-22-9-7-6-8-10-22/h6-14,20-21,30,35H,3-5,15-19H2,1-2H3/t30-/m1/s1. The van der Waals surface area contributed by atoms with Crippen molar-refractivity contribution < 1.29 is 33.6 Å². The van der Waals surface area contributed by atoms with Crippen LogP contribution in [-0.4, -0.2) is 54.7 Å². The molecular weight excluding hydrogens is 522 g/mol. The number of carbonyl (C=O) groups excluding carboxylic acids is 2. The van der Waals surface area contributed by atoms with Crippen molar-refractivity contribution in [3.63, 3.8) is 0 Å². The molecule has 1 N–H and O–H groups in total. The van der Waals surface area contributed by atoms with E-state index in [1.165, 1.54) is 4.90 Å². The van der Waals surface area contributed by atoms with E-state index >= 15 is 0 Å². The lowest BCUT2D eigenvalue weighted by Crippen LogP contribution is -2.31. The Labute approximate surface area is 240 Å². The number of aliphatic hydroxyl groups excluding tert-OH is 1. The van der Waals surface area contributed by atoms with E-state index in [-0.39, 0.29) is 17.9 Å². The molecule has 1 saturated heterocycles. The largest absolute Gasteiger partial charge is 0.507 e. The van der Waals surface area contributed by atoms with E-state index in [4.69, 9.17) is 18.9 Å². The minimum Gasteiger partial charge on any atom is -0.507 e. The molecule has 3 aromatic carbocycles. The highest BCUT2D eigenvalue weighted by Crippen LogP contribution is 2.43. The van der Waals surface area contributed by atoms with Crippen molar-refractivity contribution >= 4 is 17.4 Å². The van der Waals surface area contributed by atoms with Gasteiger partial charge in [-0.05, 0) is 61.2 Å². The van der Waals surface area contributed by atoms with Gasteiger partial charge in [0.25, 0.3) is 11.7 Å². The second-order valence-electron chi connectivity index (χ2n) is 9.93. The Kier molecular flexibility index (Phi) is 8.77. The summed E-state index contributed by atoms with van der Waals surface area (Å²) in [4.78, 5) is 28.5. The monoisotopic (exact) mass is 557 g/mol. The molecule has 0 saturated carbocycles.